The molecular formula is C20H15N3O4S. The van der Waals surface area contributed by atoms with Gasteiger partial charge in [-0.2, -0.15) is 0 Å². The summed E-state index contributed by atoms with van der Waals surface area (Å²) < 4.78 is 38.3. The summed E-state index contributed by atoms with van der Waals surface area (Å²) in [7, 11) is -3.74. The molecule has 0 bridgehead atoms. The normalized spacial score (nSPS) is 14.8. The highest BCUT2D eigenvalue weighted by Gasteiger charge is 2.24. The second-order valence-electron chi connectivity index (χ2n) is 6.30. The number of hydrogen-bond acceptors (Lipinski definition) is 5. The summed E-state index contributed by atoms with van der Waals surface area (Å²) in [6.07, 6.45) is 0. The maximum Gasteiger partial charge on any atom is 0.231 e. The average molecular weight is 393 g/mol. The lowest BCUT2D eigenvalue weighted by atomic mass is 10.2. The third kappa shape index (κ3) is 2.98. The van der Waals surface area contributed by atoms with Crippen LogP contribution in [-0.4, -0.2) is 21.3 Å². The molecule has 8 heteroatoms. The van der Waals surface area contributed by atoms with E-state index in [2.05, 4.69) is 14.7 Å². The number of nitrogens with zero attached hydrogens (tertiary/aromatic N) is 1. The van der Waals surface area contributed by atoms with E-state index >= 15 is 0 Å². The summed E-state index contributed by atoms with van der Waals surface area (Å²) in [5.74, 6) is 1.68. The molecule has 2 N–H and O–H groups in total. The molecule has 140 valence electrons. The van der Waals surface area contributed by atoms with Crippen molar-refractivity contribution in [3.8, 4) is 22.9 Å². The number of H-pyrrole nitrogens is 1. The summed E-state index contributed by atoms with van der Waals surface area (Å²) in [6.45, 7) is 0.0928. The van der Waals surface area contributed by atoms with Crippen LogP contribution < -0.4 is 14.2 Å². The lowest BCUT2D eigenvalue weighted by Crippen LogP contribution is -2.20. The maximum atomic E-state index is 12.6. The Morgan fingerprint density at radius 2 is 1.79 bits per heavy atom. The van der Waals surface area contributed by atoms with Crippen LogP contribution in [0.5, 0.6) is 11.5 Å². The van der Waals surface area contributed by atoms with Gasteiger partial charge in [-0.25, -0.2) is 9.71 Å². The molecule has 28 heavy (non-hydrogen) atoms. The van der Waals surface area contributed by atoms with Gasteiger partial charge in [-0.3, -0.25) is 0 Å². The smallest absolute Gasteiger partial charge is 0.231 e. The van der Waals surface area contributed by atoms with E-state index in [4.69, 9.17) is 9.47 Å². The van der Waals surface area contributed by atoms with Crippen LogP contribution in [0.3, 0.4) is 0 Å². The Morgan fingerprint density at radius 3 is 2.61 bits per heavy atom. The van der Waals surface area contributed by atoms with Crippen LogP contribution in [0.15, 0.2) is 71.6 Å². The van der Waals surface area contributed by atoms with Gasteiger partial charge in [0.1, 0.15) is 5.82 Å². The SMILES string of the molecule is O=[S+]([O-])(Nc1ccc(-c2nc3ccccc3[nH]2)cc1)c1ccc2c(c1)OCO2. The fourth-order valence-electron chi connectivity index (χ4n) is 3.04. The molecule has 5 rings (SSSR count). The van der Waals surface area contributed by atoms with Gasteiger partial charge in [-0.05, 0) is 48.5 Å². The molecule has 0 fully saturated rings. The van der Waals surface area contributed by atoms with Crippen LogP contribution in [-0.2, 0) is 14.6 Å². The predicted molar refractivity (Wildman–Crippen MR) is 105 cm³/mol. The highest BCUT2D eigenvalue weighted by atomic mass is 32.3. The Bertz CT molecular complexity index is 1190. The van der Waals surface area contributed by atoms with E-state index in [1.54, 1.807) is 18.2 Å². The maximum absolute atomic E-state index is 12.6. The van der Waals surface area contributed by atoms with Crippen molar-refractivity contribution < 1.29 is 18.2 Å². The number of anilines is 1. The molecule has 1 aromatic heterocycles. The monoisotopic (exact) mass is 393 g/mol. The largest absolute Gasteiger partial charge is 0.588 e. The summed E-state index contributed by atoms with van der Waals surface area (Å²) in [6, 6.07) is 19.3. The van der Waals surface area contributed by atoms with Crippen LogP contribution in [0.4, 0.5) is 5.69 Å². The predicted octanol–water partition coefficient (Wildman–Crippen LogP) is 3.97. The minimum Gasteiger partial charge on any atom is -0.588 e. The lowest BCUT2D eigenvalue weighted by Gasteiger charge is -2.16. The Labute approximate surface area is 161 Å². The molecule has 7 nitrogen and oxygen atoms in total. The number of benzene rings is 3. The Hall–Kier alpha value is -3.36. The van der Waals surface area contributed by atoms with E-state index in [-0.39, 0.29) is 11.7 Å². The first-order valence-electron chi connectivity index (χ1n) is 8.56. The molecule has 0 radical (unpaired) electrons. The number of nitrogens with one attached hydrogen (secondary N) is 2. The summed E-state index contributed by atoms with van der Waals surface area (Å²) in [4.78, 5) is 7.91. The molecule has 0 aliphatic carbocycles. The van der Waals surface area contributed by atoms with Crippen LogP contribution in [0, 0.1) is 0 Å². The number of fused-ring (bicyclic) bond motifs is 2. The van der Waals surface area contributed by atoms with Gasteiger partial charge >= 0.3 is 0 Å². The number of hydrogen-bond donors (Lipinski definition) is 2. The molecule has 0 saturated carbocycles. The molecular weight excluding hydrogens is 378 g/mol. The molecule has 0 amide bonds. The van der Waals surface area contributed by atoms with E-state index in [9.17, 15) is 8.76 Å². The first-order chi connectivity index (χ1) is 13.6. The zero-order valence-electron chi connectivity index (χ0n) is 14.5. The van der Waals surface area contributed by atoms with Crippen molar-refractivity contribution in [3.05, 3.63) is 66.7 Å². The van der Waals surface area contributed by atoms with E-state index in [0.29, 0.717) is 17.2 Å². The highest BCUT2D eigenvalue weighted by molar-refractivity contribution is 7.98. The number of aromatic amines is 1. The van der Waals surface area contributed by atoms with Gasteiger partial charge in [-0.1, -0.05) is 16.3 Å². The van der Waals surface area contributed by atoms with Crippen molar-refractivity contribution in [3.63, 3.8) is 0 Å². The average Bonchev–Trinajstić information content (AvgIpc) is 3.34. The summed E-state index contributed by atoms with van der Waals surface area (Å²) >= 11 is 0. The lowest BCUT2D eigenvalue weighted by molar-refractivity contribution is 0.174. The summed E-state index contributed by atoms with van der Waals surface area (Å²) in [5, 5.41) is 0. The van der Waals surface area contributed by atoms with Crippen molar-refractivity contribution in [2.24, 2.45) is 0 Å². The van der Waals surface area contributed by atoms with Gasteiger partial charge < -0.3 is 19.0 Å². The molecule has 0 spiro atoms. The van der Waals surface area contributed by atoms with Crippen molar-refractivity contribution in [1.29, 1.82) is 0 Å². The first kappa shape index (κ1) is 16.8. The van der Waals surface area contributed by atoms with Crippen LogP contribution in [0.2, 0.25) is 0 Å². The Kier molecular flexibility index (Phi) is 3.81. The molecule has 0 saturated heterocycles. The van der Waals surface area contributed by atoms with Gasteiger partial charge in [0.25, 0.3) is 0 Å². The number of aromatic nitrogens is 2. The minimum atomic E-state index is -3.74. The molecule has 3 aromatic carbocycles. The minimum absolute atomic E-state index is 0.0928. The molecule has 1 unspecified atom stereocenters. The van der Waals surface area contributed by atoms with Crippen molar-refractivity contribution in [1.82, 2.24) is 9.97 Å². The fraction of sp³-hybridized carbons (Fsp3) is 0.0500. The second-order valence-corrected chi connectivity index (χ2v) is 7.98. The van der Waals surface area contributed by atoms with E-state index in [1.807, 2.05) is 36.4 Å². The number of imidazole rings is 1. The molecule has 1 atom stereocenters. The fourth-order valence-corrected chi connectivity index (χ4v) is 4.12. The van der Waals surface area contributed by atoms with Gasteiger partial charge in [0.15, 0.2) is 26.8 Å². The molecule has 1 aliphatic rings. The van der Waals surface area contributed by atoms with Gasteiger partial charge in [0.2, 0.25) is 6.79 Å². The third-order valence-corrected chi connectivity index (χ3v) is 5.83. The molecule has 1 aliphatic heterocycles. The van der Waals surface area contributed by atoms with Gasteiger partial charge in [-0.15, -0.1) is 0 Å². The number of rotatable bonds is 4. The quantitative estimate of drug-likeness (QED) is 0.511. The third-order valence-electron chi connectivity index (χ3n) is 4.45. The van der Waals surface area contributed by atoms with Crippen LogP contribution >= 0.6 is 0 Å². The van der Waals surface area contributed by atoms with Crippen molar-refractivity contribution in [2.75, 3.05) is 11.5 Å². The van der Waals surface area contributed by atoms with Crippen LogP contribution in [0.25, 0.3) is 22.4 Å². The molecule has 4 aromatic rings. The van der Waals surface area contributed by atoms with Crippen LogP contribution in [0.1, 0.15) is 0 Å². The number of ether oxygens (including phenoxy) is 2. The number of para-hydroxylation sites is 2. The standard InChI is InChI=1S/C20H15N3O4S/c24-28(25,15-9-10-18-19(11-15)27-12-26-18)23-14-7-5-13(6-8-14)20-21-16-3-1-2-4-17(16)22-20/h1-11H,12H2,(H2-,21,22,23,24,25). The van der Waals surface area contributed by atoms with Gasteiger partial charge in [0.05, 0.1) is 16.7 Å². The highest BCUT2D eigenvalue weighted by Crippen LogP contribution is 2.35. The zero-order valence-corrected chi connectivity index (χ0v) is 15.4. The van der Waals surface area contributed by atoms with E-state index < -0.39 is 10.4 Å². The summed E-state index contributed by atoms with van der Waals surface area (Å²) in [5.41, 5.74) is 3.15. The Balaban J connectivity index is 1.39. The first-order valence-corrected chi connectivity index (χ1v) is 10.0. The van der Waals surface area contributed by atoms with Crippen molar-refractivity contribution >= 4 is 27.1 Å². The molecule has 2 heterocycles. The zero-order chi connectivity index (χ0) is 19.1. The van der Waals surface area contributed by atoms with Gasteiger partial charge in [0, 0.05) is 11.6 Å². The number of sulfonamides is 1. The second kappa shape index (κ2) is 6.36. The topological polar surface area (TPSA) is 99.3 Å². The Morgan fingerprint density at radius 1 is 1.00 bits per heavy atom. The van der Waals surface area contributed by atoms with E-state index in [1.165, 1.54) is 12.1 Å². The van der Waals surface area contributed by atoms with Crippen molar-refractivity contribution in [2.45, 2.75) is 4.90 Å². The van der Waals surface area contributed by atoms with E-state index in [0.717, 1.165) is 22.4 Å².